The highest BCUT2D eigenvalue weighted by molar-refractivity contribution is 5.73. The molecule has 26 heavy (non-hydrogen) atoms. The van der Waals surface area contributed by atoms with Gasteiger partial charge in [0.15, 0.2) is 11.5 Å². The van der Waals surface area contributed by atoms with Crippen molar-refractivity contribution in [3.63, 3.8) is 0 Å². The molecule has 0 aromatic heterocycles. The largest absolute Gasteiger partial charge is 0.513 e. The summed E-state index contributed by atoms with van der Waals surface area (Å²) in [5.41, 5.74) is 0.824. The van der Waals surface area contributed by atoms with Gasteiger partial charge in [-0.15, -0.1) is 0 Å². The molecule has 0 saturated heterocycles. The second-order valence-electron chi connectivity index (χ2n) is 7.05. The smallest absolute Gasteiger partial charge is 0.434 e. The van der Waals surface area contributed by atoms with Gasteiger partial charge < -0.3 is 19.1 Å². The molecule has 146 valence electrons. The van der Waals surface area contributed by atoms with Gasteiger partial charge in [-0.2, -0.15) is 0 Å². The van der Waals surface area contributed by atoms with Gasteiger partial charge in [0.25, 0.3) is 0 Å². The minimum absolute atomic E-state index is 0.143. The first-order chi connectivity index (χ1) is 12.2. The lowest BCUT2D eigenvalue weighted by atomic mass is 9.87. The fraction of sp³-hybridized carbons (Fsp3) is 0.600. The van der Waals surface area contributed by atoms with Crippen LogP contribution in [0.3, 0.4) is 0 Å². The SMILES string of the molecule is CCCN(CCC)C(=O)Oc1cc(C(C)(C)C)ccc1OC(=O)OCC. The number of carbonyl (C=O) groups is 2. The van der Waals surface area contributed by atoms with Crippen LogP contribution in [0, 0.1) is 0 Å². The predicted octanol–water partition coefficient (Wildman–Crippen LogP) is 5.14. The normalized spacial score (nSPS) is 11.0. The maximum Gasteiger partial charge on any atom is 0.513 e. The fourth-order valence-electron chi connectivity index (χ4n) is 2.37. The van der Waals surface area contributed by atoms with Crippen LogP contribution in [0.5, 0.6) is 11.5 Å². The summed E-state index contributed by atoms with van der Waals surface area (Å²) in [6.45, 7) is 13.3. The van der Waals surface area contributed by atoms with Crippen LogP contribution < -0.4 is 9.47 Å². The van der Waals surface area contributed by atoms with Crippen molar-refractivity contribution in [2.24, 2.45) is 0 Å². The monoisotopic (exact) mass is 365 g/mol. The van der Waals surface area contributed by atoms with Gasteiger partial charge in [-0.05, 0) is 42.9 Å². The number of nitrogens with zero attached hydrogens (tertiary/aromatic N) is 1. The van der Waals surface area contributed by atoms with E-state index >= 15 is 0 Å². The van der Waals surface area contributed by atoms with Crippen molar-refractivity contribution in [2.75, 3.05) is 19.7 Å². The topological polar surface area (TPSA) is 65.1 Å². The second-order valence-corrected chi connectivity index (χ2v) is 7.05. The zero-order chi connectivity index (χ0) is 19.7. The van der Waals surface area contributed by atoms with Crippen LogP contribution in [0.4, 0.5) is 9.59 Å². The van der Waals surface area contributed by atoms with Crippen molar-refractivity contribution in [1.82, 2.24) is 4.90 Å². The predicted molar refractivity (Wildman–Crippen MR) is 101 cm³/mol. The van der Waals surface area contributed by atoms with Crippen LogP contribution in [-0.2, 0) is 10.2 Å². The van der Waals surface area contributed by atoms with Crippen molar-refractivity contribution in [3.8, 4) is 11.5 Å². The van der Waals surface area contributed by atoms with Gasteiger partial charge in [-0.3, -0.25) is 0 Å². The van der Waals surface area contributed by atoms with Gasteiger partial charge in [0.05, 0.1) is 6.61 Å². The van der Waals surface area contributed by atoms with E-state index in [2.05, 4.69) is 20.8 Å². The van der Waals surface area contributed by atoms with Crippen LogP contribution >= 0.6 is 0 Å². The van der Waals surface area contributed by atoms with Gasteiger partial charge in [-0.25, -0.2) is 9.59 Å². The molecule has 0 bridgehead atoms. The van der Waals surface area contributed by atoms with E-state index in [0.717, 1.165) is 18.4 Å². The molecule has 6 nitrogen and oxygen atoms in total. The fourth-order valence-corrected chi connectivity index (χ4v) is 2.37. The molecule has 1 rings (SSSR count). The average Bonchev–Trinajstić information content (AvgIpc) is 2.55. The molecule has 0 heterocycles. The summed E-state index contributed by atoms with van der Waals surface area (Å²) in [5, 5.41) is 0. The highest BCUT2D eigenvalue weighted by atomic mass is 16.7. The van der Waals surface area contributed by atoms with Gasteiger partial charge >= 0.3 is 12.2 Å². The van der Waals surface area contributed by atoms with Gasteiger partial charge in [0.1, 0.15) is 0 Å². The zero-order valence-electron chi connectivity index (χ0n) is 16.8. The molecule has 6 heteroatoms. The van der Waals surface area contributed by atoms with E-state index in [9.17, 15) is 9.59 Å². The van der Waals surface area contributed by atoms with Crippen molar-refractivity contribution in [3.05, 3.63) is 23.8 Å². The van der Waals surface area contributed by atoms with Crippen LogP contribution in [-0.4, -0.2) is 36.8 Å². The van der Waals surface area contributed by atoms with E-state index in [1.807, 2.05) is 19.9 Å². The lowest BCUT2D eigenvalue weighted by molar-refractivity contribution is 0.102. The summed E-state index contributed by atoms with van der Waals surface area (Å²) < 4.78 is 15.6. The number of hydrogen-bond donors (Lipinski definition) is 0. The Labute approximate surface area is 156 Å². The van der Waals surface area contributed by atoms with Crippen LogP contribution in [0.1, 0.15) is 59.9 Å². The number of ether oxygens (including phenoxy) is 3. The number of amides is 1. The van der Waals surface area contributed by atoms with Crippen molar-refractivity contribution in [2.45, 2.75) is 59.8 Å². The van der Waals surface area contributed by atoms with Gasteiger partial charge in [0, 0.05) is 13.1 Å². The molecule has 1 amide bonds. The molecule has 0 spiro atoms. The van der Waals surface area contributed by atoms with Crippen molar-refractivity contribution < 1.29 is 23.8 Å². The third kappa shape index (κ3) is 6.58. The van der Waals surface area contributed by atoms with Gasteiger partial charge in [-0.1, -0.05) is 40.7 Å². The molecule has 0 unspecified atom stereocenters. The summed E-state index contributed by atoms with van der Waals surface area (Å²) in [4.78, 5) is 25.9. The van der Waals surface area contributed by atoms with Crippen LogP contribution in [0.2, 0.25) is 0 Å². The van der Waals surface area contributed by atoms with E-state index in [1.165, 1.54) is 0 Å². The summed E-state index contributed by atoms with van der Waals surface area (Å²) >= 11 is 0. The quantitative estimate of drug-likeness (QED) is 0.494. The molecule has 1 aromatic carbocycles. The Hall–Kier alpha value is -2.24. The minimum atomic E-state index is -0.827. The average molecular weight is 365 g/mol. The maximum absolute atomic E-state index is 12.5. The van der Waals surface area contributed by atoms with Crippen LogP contribution in [0.25, 0.3) is 0 Å². The van der Waals surface area contributed by atoms with Crippen molar-refractivity contribution >= 4 is 12.2 Å². The Morgan fingerprint density at radius 3 is 2.08 bits per heavy atom. The lowest BCUT2D eigenvalue weighted by Gasteiger charge is -2.23. The summed E-state index contributed by atoms with van der Waals surface area (Å²) in [6, 6.07) is 5.22. The van der Waals surface area contributed by atoms with Crippen molar-refractivity contribution in [1.29, 1.82) is 0 Å². The summed E-state index contributed by atoms with van der Waals surface area (Å²) in [7, 11) is 0. The molecular formula is C20H31NO5. The molecule has 0 fully saturated rings. The number of benzene rings is 1. The first-order valence-electron chi connectivity index (χ1n) is 9.18. The Morgan fingerprint density at radius 1 is 0.962 bits per heavy atom. The van der Waals surface area contributed by atoms with Gasteiger partial charge in [0.2, 0.25) is 0 Å². The van der Waals surface area contributed by atoms with E-state index < -0.39 is 12.2 Å². The molecule has 0 aliphatic rings. The van der Waals surface area contributed by atoms with Crippen LogP contribution in [0.15, 0.2) is 18.2 Å². The lowest BCUT2D eigenvalue weighted by Crippen LogP contribution is -2.35. The molecule has 0 N–H and O–H groups in total. The summed E-state index contributed by atoms with van der Waals surface area (Å²) in [6.07, 6.45) is 0.396. The Morgan fingerprint density at radius 2 is 1.58 bits per heavy atom. The Kier molecular flexibility index (Phi) is 8.42. The molecule has 0 aliphatic heterocycles. The molecule has 0 saturated carbocycles. The summed E-state index contributed by atoms with van der Waals surface area (Å²) in [5.74, 6) is 0.380. The minimum Gasteiger partial charge on any atom is -0.434 e. The standard InChI is InChI=1S/C20H31NO5/c1-7-12-21(13-8-2)18(22)25-17-14-15(20(4,5)6)10-11-16(17)26-19(23)24-9-3/h10-11,14H,7-9,12-13H2,1-6H3. The Bertz CT molecular complexity index is 601. The number of rotatable bonds is 7. The third-order valence-electron chi connectivity index (χ3n) is 3.71. The first-order valence-corrected chi connectivity index (χ1v) is 9.18. The second kappa shape index (κ2) is 10.0. The molecular weight excluding hydrogens is 334 g/mol. The molecule has 0 atom stereocenters. The maximum atomic E-state index is 12.5. The van der Waals surface area contributed by atoms with E-state index in [1.54, 1.807) is 24.0 Å². The van der Waals surface area contributed by atoms with E-state index in [0.29, 0.717) is 13.1 Å². The molecule has 0 aliphatic carbocycles. The third-order valence-corrected chi connectivity index (χ3v) is 3.71. The van der Waals surface area contributed by atoms with E-state index in [-0.39, 0.29) is 23.5 Å². The zero-order valence-corrected chi connectivity index (χ0v) is 16.8. The molecule has 1 aromatic rings. The first kappa shape index (κ1) is 21.8. The Balaban J connectivity index is 3.13. The highest BCUT2D eigenvalue weighted by Crippen LogP contribution is 2.34. The number of carbonyl (C=O) groups excluding carboxylic acids is 2. The highest BCUT2D eigenvalue weighted by Gasteiger charge is 2.22. The van der Waals surface area contributed by atoms with E-state index in [4.69, 9.17) is 14.2 Å². The number of hydrogen-bond acceptors (Lipinski definition) is 5. The molecule has 0 radical (unpaired) electrons.